The Hall–Kier alpha value is -3.06. The molecule has 7 nitrogen and oxygen atoms in total. The maximum Gasteiger partial charge on any atom is 0.333 e. The summed E-state index contributed by atoms with van der Waals surface area (Å²) in [6.45, 7) is 3.73. The van der Waals surface area contributed by atoms with Crippen molar-refractivity contribution in [3.8, 4) is 5.75 Å². The van der Waals surface area contributed by atoms with Gasteiger partial charge in [-0.15, -0.1) is 0 Å². The summed E-state index contributed by atoms with van der Waals surface area (Å²) >= 11 is 0. The number of ether oxygens (including phenoxy) is 2. The van der Waals surface area contributed by atoms with Gasteiger partial charge in [-0.1, -0.05) is 63.1 Å². The molecule has 2 aromatic carbocycles. The van der Waals surface area contributed by atoms with Gasteiger partial charge in [0.1, 0.15) is 12.4 Å². The van der Waals surface area contributed by atoms with Gasteiger partial charge in [-0.25, -0.2) is 9.59 Å². The second-order valence-corrected chi connectivity index (χ2v) is 11.2. The number of aryl methyl sites for hydroxylation is 2. The molecule has 1 fully saturated rings. The molecule has 1 saturated carbocycles. The number of carboxylic acid groups (broad SMARTS) is 1. The first-order valence-electron chi connectivity index (χ1n) is 15.3. The predicted molar refractivity (Wildman–Crippen MR) is 158 cm³/mol. The summed E-state index contributed by atoms with van der Waals surface area (Å²) in [6.07, 6.45) is 13.1. The SMILES string of the molecule is CCOC(Cc1ccc(OCCN(CCCCC2CCCCC2)C(=O)Nc2ccc3c(c2)CCC3)cc1)C(=O)O. The van der Waals surface area contributed by atoms with E-state index in [1.165, 1.54) is 56.1 Å². The van der Waals surface area contributed by atoms with Gasteiger partial charge in [-0.05, 0) is 79.5 Å². The molecule has 0 saturated heterocycles. The summed E-state index contributed by atoms with van der Waals surface area (Å²) in [4.78, 5) is 26.6. The molecule has 40 heavy (non-hydrogen) atoms. The highest BCUT2D eigenvalue weighted by Gasteiger charge is 2.19. The average molecular weight is 551 g/mol. The third kappa shape index (κ3) is 9.26. The fraction of sp³-hybridized carbons (Fsp3) is 0.576. The number of carboxylic acids is 1. The Bertz CT molecular complexity index is 1080. The summed E-state index contributed by atoms with van der Waals surface area (Å²) in [5.74, 6) is 0.593. The standard InChI is InChI=1S/C33H46N2O5/c1-2-39-31(32(36)37)23-26-14-18-30(19-15-26)40-22-21-35(20-7-6-11-25-9-4-3-5-10-25)33(38)34-29-17-16-27-12-8-13-28(27)24-29/h14-19,24-25,31H,2-13,20-23H2,1H3,(H,34,38)(H,36,37). The van der Waals surface area contributed by atoms with Gasteiger partial charge in [-0.2, -0.15) is 0 Å². The molecule has 2 aliphatic rings. The number of amides is 2. The highest BCUT2D eigenvalue weighted by molar-refractivity contribution is 5.89. The van der Waals surface area contributed by atoms with Crippen molar-refractivity contribution in [1.82, 2.24) is 4.90 Å². The highest BCUT2D eigenvalue weighted by Crippen LogP contribution is 2.28. The fourth-order valence-corrected chi connectivity index (χ4v) is 6.01. The molecule has 2 amide bonds. The van der Waals surface area contributed by atoms with Crippen LogP contribution in [0.25, 0.3) is 0 Å². The Kier molecular flexibility index (Phi) is 11.7. The summed E-state index contributed by atoms with van der Waals surface area (Å²) in [7, 11) is 0. The molecule has 0 radical (unpaired) electrons. The van der Waals surface area contributed by atoms with Crippen molar-refractivity contribution >= 4 is 17.7 Å². The number of aliphatic carboxylic acids is 1. The smallest absolute Gasteiger partial charge is 0.333 e. The van der Waals surface area contributed by atoms with E-state index in [0.717, 1.165) is 42.9 Å². The number of anilines is 1. The summed E-state index contributed by atoms with van der Waals surface area (Å²) in [5, 5.41) is 12.5. The van der Waals surface area contributed by atoms with E-state index in [1.54, 1.807) is 6.92 Å². The van der Waals surface area contributed by atoms with Crippen LogP contribution in [0.2, 0.25) is 0 Å². The molecule has 1 atom stereocenters. The van der Waals surface area contributed by atoms with Crippen molar-refractivity contribution in [3.05, 3.63) is 59.2 Å². The number of urea groups is 1. The van der Waals surface area contributed by atoms with Crippen LogP contribution in [-0.2, 0) is 28.8 Å². The van der Waals surface area contributed by atoms with Gasteiger partial charge in [0.25, 0.3) is 0 Å². The quantitative estimate of drug-likeness (QED) is 0.236. The molecule has 4 rings (SSSR count). The zero-order valence-corrected chi connectivity index (χ0v) is 24.0. The first-order valence-corrected chi connectivity index (χ1v) is 15.3. The van der Waals surface area contributed by atoms with E-state index in [-0.39, 0.29) is 6.03 Å². The summed E-state index contributed by atoms with van der Waals surface area (Å²) in [5.41, 5.74) is 4.48. The third-order valence-corrected chi connectivity index (χ3v) is 8.27. The monoisotopic (exact) mass is 550 g/mol. The third-order valence-electron chi connectivity index (χ3n) is 8.27. The number of rotatable bonds is 15. The maximum atomic E-state index is 13.3. The Labute approximate surface area is 239 Å². The van der Waals surface area contributed by atoms with Crippen LogP contribution < -0.4 is 10.1 Å². The molecule has 0 heterocycles. The zero-order valence-electron chi connectivity index (χ0n) is 24.0. The van der Waals surface area contributed by atoms with E-state index in [0.29, 0.717) is 38.5 Å². The van der Waals surface area contributed by atoms with Crippen LogP contribution in [0.5, 0.6) is 5.75 Å². The van der Waals surface area contributed by atoms with E-state index in [1.807, 2.05) is 35.2 Å². The zero-order chi connectivity index (χ0) is 28.2. The lowest BCUT2D eigenvalue weighted by molar-refractivity contribution is -0.149. The molecule has 0 aliphatic heterocycles. The van der Waals surface area contributed by atoms with Crippen molar-refractivity contribution < 1.29 is 24.2 Å². The molecule has 0 bridgehead atoms. The van der Waals surface area contributed by atoms with Crippen molar-refractivity contribution in [2.45, 2.75) is 90.1 Å². The minimum absolute atomic E-state index is 0.0785. The normalized spacial score (nSPS) is 15.8. The van der Waals surface area contributed by atoms with E-state index in [2.05, 4.69) is 17.4 Å². The van der Waals surface area contributed by atoms with Gasteiger partial charge in [0.15, 0.2) is 6.10 Å². The molecule has 0 spiro atoms. The number of hydrogen-bond acceptors (Lipinski definition) is 4. The number of benzene rings is 2. The number of nitrogens with zero attached hydrogens (tertiary/aromatic N) is 1. The van der Waals surface area contributed by atoms with Gasteiger partial charge < -0.3 is 24.8 Å². The lowest BCUT2D eigenvalue weighted by Gasteiger charge is -2.25. The van der Waals surface area contributed by atoms with Crippen molar-refractivity contribution in [1.29, 1.82) is 0 Å². The maximum absolute atomic E-state index is 13.3. The van der Waals surface area contributed by atoms with E-state index in [9.17, 15) is 14.7 Å². The van der Waals surface area contributed by atoms with Gasteiger partial charge in [0.2, 0.25) is 0 Å². The number of nitrogens with one attached hydrogen (secondary N) is 1. The van der Waals surface area contributed by atoms with E-state index < -0.39 is 12.1 Å². The molecule has 218 valence electrons. The number of unbranched alkanes of at least 4 members (excludes halogenated alkanes) is 1. The first-order chi connectivity index (χ1) is 19.5. The highest BCUT2D eigenvalue weighted by atomic mass is 16.5. The Balaban J connectivity index is 1.29. The van der Waals surface area contributed by atoms with Crippen molar-refractivity contribution in [3.63, 3.8) is 0 Å². The van der Waals surface area contributed by atoms with Crippen LogP contribution in [0.3, 0.4) is 0 Å². The number of hydrogen-bond donors (Lipinski definition) is 2. The molecular weight excluding hydrogens is 504 g/mol. The Morgan fingerprint density at radius 2 is 1.75 bits per heavy atom. The molecule has 7 heteroatoms. The first kappa shape index (κ1) is 29.9. The molecule has 1 unspecified atom stereocenters. The van der Waals surface area contributed by atoms with Gasteiger partial charge in [0, 0.05) is 25.3 Å². The lowest BCUT2D eigenvalue weighted by Crippen LogP contribution is -2.38. The Morgan fingerprint density at radius 3 is 2.50 bits per heavy atom. The van der Waals surface area contributed by atoms with Crippen LogP contribution in [0.1, 0.15) is 81.4 Å². The number of carbonyl (C=O) groups is 2. The van der Waals surface area contributed by atoms with Gasteiger partial charge in [-0.3, -0.25) is 0 Å². The lowest BCUT2D eigenvalue weighted by atomic mass is 9.86. The topological polar surface area (TPSA) is 88.1 Å². The van der Waals surface area contributed by atoms with Gasteiger partial charge in [0.05, 0.1) is 6.54 Å². The summed E-state index contributed by atoms with van der Waals surface area (Å²) < 4.78 is 11.3. The minimum atomic E-state index is -0.959. The van der Waals surface area contributed by atoms with Gasteiger partial charge >= 0.3 is 12.0 Å². The number of fused-ring (bicyclic) bond motifs is 1. The molecule has 2 N–H and O–H groups in total. The van der Waals surface area contributed by atoms with Crippen LogP contribution in [0.15, 0.2) is 42.5 Å². The molecule has 2 aromatic rings. The van der Waals surface area contributed by atoms with E-state index >= 15 is 0 Å². The predicted octanol–water partition coefficient (Wildman–Crippen LogP) is 6.87. The molecular formula is C33H46N2O5. The average Bonchev–Trinajstić information content (AvgIpc) is 3.43. The van der Waals surface area contributed by atoms with Crippen molar-refractivity contribution in [2.24, 2.45) is 5.92 Å². The number of carbonyl (C=O) groups excluding carboxylic acids is 1. The Morgan fingerprint density at radius 1 is 0.975 bits per heavy atom. The minimum Gasteiger partial charge on any atom is -0.492 e. The molecule has 2 aliphatic carbocycles. The van der Waals surface area contributed by atoms with Crippen molar-refractivity contribution in [2.75, 3.05) is 31.6 Å². The van der Waals surface area contributed by atoms with E-state index in [4.69, 9.17) is 9.47 Å². The van der Waals surface area contributed by atoms with Crippen LogP contribution in [0, 0.1) is 5.92 Å². The van der Waals surface area contributed by atoms with Crippen LogP contribution in [-0.4, -0.2) is 54.4 Å². The summed E-state index contributed by atoms with van der Waals surface area (Å²) in [6, 6.07) is 13.6. The largest absolute Gasteiger partial charge is 0.492 e. The van der Waals surface area contributed by atoms with Crippen LogP contribution >= 0.6 is 0 Å². The second-order valence-electron chi connectivity index (χ2n) is 11.2. The van der Waals surface area contributed by atoms with Crippen LogP contribution in [0.4, 0.5) is 10.5 Å². The fourth-order valence-electron chi connectivity index (χ4n) is 6.01. The molecule has 0 aromatic heterocycles. The second kappa shape index (κ2) is 15.7.